The Morgan fingerprint density at radius 1 is 0.738 bits per heavy atom. The SMILES string of the molecule is Cc1ccc(C(=O)S[C@H]2O[C@@H]3COC(c4ccccc4)O[C@H]3[C@H](OCc3ccccc3)[C@@H]2OCc2ccccc2)cc1. The molecular formula is C35H34O6S. The molecule has 7 heteroatoms. The van der Waals surface area contributed by atoms with E-state index in [2.05, 4.69) is 0 Å². The number of aryl methyl sites for hydroxylation is 1. The molecule has 0 spiro atoms. The summed E-state index contributed by atoms with van der Waals surface area (Å²) in [4.78, 5) is 13.5. The molecule has 216 valence electrons. The first-order valence-electron chi connectivity index (χ1n) is 14.2. The molecule has 2 fully saturated rings. The summed E-state index contributed by atoms with van der Waals surface area (Å²) < 4.78 is 32.5. The van der Waals surface area contributed by atoms with Crippen molar-refractivity contribution in [1.29, 1.82) is 0 Å². The lowest BCUT2D eigenvalue weighted by Crippen LogP contribution is -2.62. The summed E-state index contributed by atoms with van der Waals surface area (Å²) in [6, 6.07) is 37.4. The predicted octanol–water partition coefficient (Wildman–Crippen LogP) is 6.88. The van der Waals surface area contributed by atoms with E-state index in [1.807, 2.05) is 122 Å². The Kier molecular flexibility index (Phi) is 9.45. The van der Waals surface area contributed by atoms with E-state index < -0.39 is 36.1 Å². The molecule has 2 aliphatic rings. The van der Waals surface area contributed by atoms with Crippen LogP contribution in [0.2, 0.25) is 0 Å². The van der Waals surface area contributed by atoms with Crippen molar-refractivity contribution in [2.75, 3.05) is 6.61 Å². The first kappa shape index (κ1) is 28.8. The average Bonchev–Trinajstić information content (AvgIpc) is 3.04. The van der Waals surface area contributed by atoms with Crippen molar-refractivity contribution in [3.63, 3.8) is 0 Å². The second kappa shape index (κ2) is 13.8. The van der Waals surface area contributed by atoms with Gasteiger partial charge in [0.25, 0.3) is 0 Å². The zero-order chi connectivity index (χ0) is 28.7. The minimum absolute atomic E-state index is 0.0895. The number of rotatable bonds is 9. The third-order valence-electron chi connectivity index (χ3n) is 7.44. The van der Waals surface area contributed by atoms with Gasteiger partial charge in [0.1, 0.15) is 29.9 Å². The van der Waals surface area contributed by atoms with E-state index in [0.29, 0.717) is 25.4 Å². The molecule has 2 heterocycles. The Labute approximate surface area is 250 Å². The fourth-order valence-corrected chi connectivity index (χ4v) is 6.23. The summed E-state index contributed by atoms with van der Waals surface area (Å²) in [6.07, 6.45) is -2.59. The Morgan fingerprint density at radius 2 is 1.31 bits per heavy atom. The molecule has 2 aliphatic heterocycles. The Morgan fingerprint density at radius 3 is 1.93 bits per heavy atom. The van der Waals surface area contributed by atoms with Gasteiger partial charge in [0.15, 0.2) is 6.29 Å². The first-order chi connectivity index (χ1) is 20.6. The summed E-state index contributed by atoms with van der Waals surface area (Å²) in [5, 5.41) is -0.0895. The number of fused-ring (bicyclic) bond motifs is 1. The van der Waals surface area contributed by atoms with E-state index in [0.717, 1.165) is 34.0 Å². The van der Waals surface area contributed by atoms with Crippen LogP contribution in [0.15, 0.2) is 115 Å². The molecule has 0 radical (unpaired) electrons. The van der Waals surface area contributed by atoms with Gasteiger partial charge >= 0.3 is 0 Å². The van der Waals surface area contributed by atoms with E-state index in [9.17, 15) is 4.79 Å². The number of carbonyl (C=O) groups excluding carboxylic acids is 1. The molecule has 6 atom stereocenters. The van der Waals surface area contributed by atoms with E-state index in [-0.39, 0.29) is 5.12 Å². The Bertz CT molecular complexity index is 1420. The highest BCUT2D eigenvalue weighted by molar-refractivity contribution is 8.14. The van der Waals surface area contributed by atoms with Crippen LogP contribution in [0.1, 0.15) is 38.9 Å². The van der Waals surface area contributed by atoms with Crippen molar-refractivity contribution in [2.45, 2.75) is 56.3 Å². The second-order valence-corrected chi connectivity index (χ2v) is 11.6. The fraction of sp³-hybridized carbons (Fsp3) is 0.286. The van der Waals surface area contributed by atoms with Gasteiger partial charge < -0.3 is 23.7 Å². The van der Waals surface area contributed by atoms with E-state index in [4.69, 9.17) is 23.7 Å². The number of hydrogen-bond acceptors (Lipinski definition) is 7. The summed E-state index contributed by atoms with van der Waals surface area (Å²) >= 11 is 1.12. The van der Waals surface area contributed by atoms with Gasteiger partial charge in [-0.3, -0.25) is 4.79 Å². The molecule has 0 aromatic heterocycles. The summed E-state index contributed by atoms with van der Waals surface area (Å²) in [7, 11) is 0. The molecule has 6 nitrogen and oxygen atoms in total. The lowest BCUT2D eigenvalue weighted by molar-refractivity contribution is -0.329. The van der Waals surface area contributed by atoms with Gasteiger partial charge in [0, 0.05) is 11.1 Å². The van der Waals surface area contributed by atoms with Crippen LogP contribution >= 0.6 is 11.8 Å². The van der Waals surface area contributed by atoms with Gasteiger partial charge in [0.2, 0.25) is 5.12 Å². The van der Waals surface area contributed by atoms with Crippen molar-refractivity contribution in [3.8, 4) is 0 Å². The highest BCUT2D eigenvalue weighted by atomic mass is 32.2. The lowest BCUT2D eigenvalue weighted by atomic mass is 9.98. The molecule has 2 saturated heterocycles. The maximum absolute atomic E-state index is 13.5. The first-order valence-corrected chi connectivity index (χ1v) is 15.1. The van der Waals surface area contributed by atoms with Gasteiger partial charge in [0.05, 0.1) is 19.8 Å². The van der Waals surface area contributed by atoms with Crippen LogP contribution in [0.5, 0.6) is 0 Å². The van der Waals surface area contributed by atoms with Crippen LogP contribution in [0.4, 0.5) is 0 Å². The van der Waals surface area contributed by atoms with Crippen molar-refractivity contribution < 1.29 is 28.5 Å². The third-order valence-corrected chi connectivity index (χ3v) is 8.50. The van der Waals surface area contributed by atoms with Crippen LogP contribution in [0.3, 0.4) is 0 Å². The van der Waals surface area contributed by atoms with Gasteiger partial charge in [-0.05, 0) is 29.8 Å². The van der Waals surface area contributed by atoms with Crippen molar-refractivity contribution in [2.24, 2.45) is 0 Å². The highest BCUT2D eigenvalue weighted by Crippen LogP contribution is 2.40. The van der Waals surface area contributed by atoms with E-state index in [1.165, 1.54) is 0 Å². The minimum atomic E-state index is -0.634. The number of thioether (sulfide) groups is 1. The smallest absolute Gasteiger partial charge is 0.221 e. The standard InChI is InChI=1S/C35H34O6S/c1-24-17-19-27(20-18-24)33(36)42-35-32(38-22-26-13-7-3-8-14-26)31(37-21-25-11-5-2-6-12-25)30-29(40-35)23-39-34(41-30)28-15-9-4-10-16-28/h2-20,29-32,34-35H,21-23H2,1H3/t29-,30-,31+,32+,34?,35-/m1/s1. The maximum Gasteiger partial charge on any atom is 0.221 e. The molecular weight excluding hydrogens is 548 g/mol. The summed E-state index contributed by atoms with van der Waals surface area (Å²) in [6.45, 7) is 3.01. The molecule has 0 N–H and O–H groups in total. The number of carbonyl (C=O) groups is 1. The van der Waals surface area contributed by atoms with Gasteiger partial charge in [-0.25, -0.2) is 0 Å². The third kappa shape index (κ3) is 7.01. The van der Waals surface area contributed by atoms with Gasteiger partial charge in [-0.2, -0.15) is 0 Å². The Balaban J connectivity index is 1.30. The minimum Gasteiger partial charge on any atom is -0.368 e. The highest BCUT2D eigenvalue weighted by Gasteiger charge is 2.52. The molecule has 4 aromatic carbocycles. The largest absolute Gasteiger partial charge is 0.368 e. The van der Waals surface area contributed by atoms with Crippen LogP contribution < -0.4 is 0 Å². The monoisotopic (exact) mass is 582 g/mol. The normalized spacial score (nSPS) is 25.5. The summed E-state index contributed by atoms with van der Waals surface area (Å²) in [5.74, 6) is 0. The summed E-state index contributed by atoms with van der Waals surface area (Å²) in [5.41, 5.74) is 4.05. The van der Waals surface area contributed by atoms with E-state index >= 15 is 0 Å². The van der Waals surface area contributed by atoms with Crippen molar-refractivity contribution in [3.05, 3.63) is 143 Å². The van der Waals surface area contributed by atoms with Crippen molar-refractivity contribution in [1.82, 2.24) is 0 Å². The predicted molar refractivity (Wildman–Crippen MR) is 162 cm³/mol. The van der Waals surface area contributed by atoms with Crippen LogP contribution in [-0.2, 0) is 36.9 Å². The molecule has 0 aliphatic carbocycles. The average molecular weight is 583 g/mol. The molecule has 6 rings (SSSR count). The molecule has 42 heavy (non-hydrogen) atoms. The van der Waals surface area contributed by atoms with Crippen LogP contribution in [-0.4, -0.2) is 41.6 Å². The maximum atomic E-state index is 13.5. The molecule has 0 amide bonds. The second-order valence-electron chi connectivity index (χ2n) is 10.5. The molecule has 0 bridgehead atoms. The number of hydrogen-bond donors (Lipinski definition) is 0. The van der Waals surface area contributed by atoms with Crippen molar-refractivity contribution >= 4 is 16.9 Å². The van der Waals surface area contributed by atoms with Crippen LogP contribution in [0, 0.1) is 6.92 Å². The fourth-order valence-electron chi connectivity index (χ4n) is 5.18. The van der Waals surface area contributed by atoms with Gasteiger partial charge in [-0.1, -0.05) is 121 Å². The molecule has 0 saturated carbocycles. The quantitative estimate of drug-likeness (QED) is 0.213. The molecule has 1 unspecified atom stereocenters. The van der Waals surface area contributed by atoms with Crippen LogP contribution in [0.25, 0.3) is 0 Å². The van der Waals surface area contributed by atoms with Gasteiger partial charge in [-0.15, -0.1) is 0 Å². The molecule has 4 aromatic rings. The number of benzene rings is 4. The lowest BCUT2D eigenvalue weighted by Gasteiger charge is -2.49. The number of ether oxygens (including phenoxy) is 5. The Hall–Kier alpha value is -3.30. The zero-order valence-electron chi connectivity index (χ0n) is 23.4. The van der Waals surface area contributed by atoms with E-state index in [1.54, 1.807) is 0 Å². The topological polar surface area (TPSA) is 63.2 Å². The zero-order valence-corrected chi connectivity index (χ0v) is 24.2.